The van der Waals surface area contributed by atoms with Crippen molar-refractivity contribution < 1.29 is 23.8 Å². The molecule has 0 radical (unpaired) electrons. The van der Waals surface area contributed by atoms with Crippen LogP contribution in [0.15, 0.2) is 0 Å². The third kappa shape index (κ3) is 6.53. The highest BCUT2D eigenvalue weighted by Crippen LogP contribution is 1.96. The van der Waals surface area contributed by atoms with Gasteiger partial charge in [0.2, 0.25) is 5.91 Å². The van der Waals surface area contributed by atoms with Crippen molar-refractivity contribution in [3.63, 3.8) is 0 Å². The van der Waals surface area contributed by atoms with E-state index < -0.39 is 12.0 Å². The zero-order chi connectivity index (χ0) is 14.0. The van der Waals surface area contributed by atoms with E-state index in [9.17, 15) is 9.59 Å². The summed E-state index contributed by atoms with van der Waals surface area (Å²) in [5.41, 5.74) is 5.64. The van der Waals surface area contributed by atoms with E-state index in [4.69, 9.17) is 19.9 Å². The van der Waals surface area contributed by atoms with Crippen LogP contribution in [-0.2, 0) is 23.8 Å². The van der Waals surface area contributed by atoms with Gasteiger partial charge in [-0.15, -0.1) is 0 Å². The largest absolute Gasteiger partial charge is 0.465 e. The van der Waals surface area contributed by atoms with Crippen LogP contribution in [0.1, 0.15) is 6.92 Å². The zero-order valence-corrected chi connectivity index (χ0v) is 11.2. The fourth-order valence-corrected chi connectivity index (χ4v) is 1.32. The normalized spacial score (nSPS) is 12.0. The summed E-state index contributed by atoms with van der Waals surface area (Å²) in [6.45, 7) is 2.56. The van der Waals surface area contributed by atoms with Crippen LogP contribution in [0.25, 0.3) is 0 Å². The minimum atomic E-state index is -0.790. The van der Waals surface area contributed by atoms with Crippen molar-refractivity contribution in [2.45, 2.75) is 13.0 Å². The van der Waals surface area contributed by atoms with Gasteiger partial charge in [-0.25, -0.2) is 0 Å². The minimum absolute atomic E-state index is 0.102. The van der Waals surface area contributed by atoms with Crippen LogP contribution in [0.3, 0.4) is 0 Å². The number of hydrogen-bond acceptors (Lipinski definition) is 6. The number of rotatable bonds is 9. The highest BCUT2D eigenvalue weighted by molar-refractivity contribution is 5.85. The van der Waals surface area contributed by atoms with E-state index in [1.807, 2.05) is 0 Å². The van der Waals surface area contributed by atoms with Gasteiger partial charge in [0.15, 0.2) is 0 Å². The standard InChI is InChI=1S/C11H22N2O5/c1-4-18-10(14)7-13(5-6-16-2)11(15)9(12)8-17-3/h9H,4-8,12H2,1-3H3. The van der Waals surface area contributed by atoms with Gasteiger partial charge in [-0.05, 0) is 6.92 Å². The molecular weight excluding hydrogens is 240 g/mol. The van der Waals surface area contributed by atoms with Crippen LogP contribution in [0.4, 0.5) is 0 Å². The molecular formula is C11H22N2O5. The van der Waals surface area contributed by atoms with Crippen LogP contribution in [0.5, 0.6) is 0 Å². The molecule has 1 amide bonds. The molecule has 0 bridgehead atoms. The molecule has 0 spiro atoms. The summed E-state index contributed by atoms with van der Waals surface area (Å²) in [5, 5.41) is 0. The Bertz CT molecular complexity index is 260. The average Bonchev–Trinajstić information content (AvgIpc) is 2.34. The van der Waals surface area contributed by atoms with Crippen molar-refractivity contribution in [2.75, 3.05) is 47.1 Å². The minimum Gasteiger partial charge on any atom is -0.465 e. The summed E-state index contributed by atoms with van der Waals surface area (Å²) < 4.78 is 14.5. The molecule has 0 aliphatic heterocycles. The molecule has 0 aliphatic rings. The number of carbonyl (C=O) groups excluding carboxylic acids is 2. The van der Waals surface area contributed by atoms with E-state index in [1.165, 1.54) is 19.1 Å². The number of nitrogens with two attached hydrogens (primary N) is 1. The van der Waals surface area contributed by atoms with Crippen molar-refractivity contribution >= 4 is 11.9 Å². The molecule has 0 aromatic heterocycles. The first-order chi connectivity index (χ1) is 8.56. The molecule has 0 aromatic rings. The molecule has 18 heavy (non-hydrogen) atoms. The summed E-state index contributed by atoms with van der Waals surface area (Å²) in [5.74, 6) is -0.825. The predicted molar refractivity (Wildman–Crippen MR) is 64.9 cm³/mol. The first-order valence-corrected chi connectivity index (χ1v) is 5.74. The fourth-order valence-electron chi connectivity index (χ4n) is 1.32. The van der Waals surface area contributed by atoms with Gasteiger partial charge in [0.05, 0.1) is 19.8 Å². The molecule has 0 rings (SSSR count). The summed E-state index contributed by atoms with van der Waals surface area (Å²) >= 11 is 0. The molecule has 7 nitrogen and oxygen atoms in total. The topological polar surface area (TPSA) is 91.1 Å². The number of nitrogens with zero attached hydrogens (tertiary/aromatic N) is 1. The number of methoxy groups -OCH3 is 2. The van der Waals surface area contributed by atoms with Crippen molar-refractivity contribution in [3.8, 4) is 0 Å². The van der Waals surface area contributed by atoms with Gasteiger partial charge in [0.1, 0.15) is 12.6 Å². The maximum atomic E-state index is 11.9. The molecule has 1 unspecified atom stereocenters. The summed E-state index contributed by atoms with van der Waals surface area (Å²) in [6.07, 6.45) is 0. The lowest BCUT2D eigenvalue weighted by molar-refractivity contribution is -0.150. The second-order valence-electron chi connectivity index (χ2n) is 3.62. The van der Waals surface area contributed by atoms with Crippen molar-refractivity contribution in [1.29, 1.82) is 0 Å². The van der Waals surface area contributed by atoms with Crippen LogP contribution in [0, 0.1) is 0 Å². The molecule has 1 atom stereocenters. The first kappa shape index (κ1) is 16.8. The molecule has 2 N–H and O–H groups in total. The summed E-state index contributed by atoms with van der Waals surface area (Å²) in [6, 6.07) is -0.790. The third-order valence-electron chi connectivity index (χ3n) is 2.17. The molecule has 7 heteroatoms. The maximum Gasteiger partial charge on any atom is 0.325 e. The highest BCUT2D eigenvalue weighted by atomic mass is 16.5. The zero-order valence-electron chi connectivity index (χ0n) is 11.2. The molecule has 106 valence electrons. The van der Waals surface area contributed by atoms with E-state index >= 15 is 0 Å². The molecule has 0 aromatic carbocycles. The van der Waals surface area contributed by atoms with E-state index in [2.05, 4.69) is 0 Å². The molecule has 0 aliphatic carbocycles. The Morgan fingerprint density at radius 1 is 1.28 bits per heavy atom. The Morgan fingerprint density at radius 3 is 2.44 bits per heavy atom. The number of amides is 1. The Kier molecular flexibility index (Phi) is 9.17. The van der Waals surface area contributed by atoms with Crippen LogP contribution in [0.2, 0.25) is 0 Å². The first-order valence-electron chi connectivity index (χ1n) is 5.74. The number of carbonyl (C=O) groups is 2. The quantitative estimate of drug-likeness (QED) is 0.536. The summed E-state index contributed by atoms with van der Waals surface area (Å²) in [4.78, 5) is 24.6. The smallest absolute Gasteiger partial charge is 0.325 e. The Balaban J connectivity index is 4.45. The number of ether oxygens (including phenoxy) is 3. The number of hydrogen-bond donors (Lipinski definition) is 1. The Morgan fingerprint density at radius 2 is 1.94 bits per heavy atom. The maximum absolute atomic E-state index is 11.9. The van der Waals surface area contributed by atoms with Gasteiger partial charge in [0.25, 0.3) is 0 Å². The van der Waals surface area contributed by atoms with E-state index in [1.54, 1.807) is 6.92 Å². The fraction of sp³-hybridized carbons (Fsp3) is 0.818. The van der Waals surface area contributed by atoms with Gasteiger partial charge in [-0.1, -0.05) is 0 Å². The van der Waals surface area contributed by atoms with Crippen LogP contribution >= 0.6 is 0 Å². The van der Waals surface area contributed by atoms with Gasteiger partial charge in [-0.3, -0.25) is 9.59 Å². The second-order valence-corrected chi connectivity index (χ2v) is 3.62. The van der Waals surface area contributed by atoms with E-state index in [-0.39, 0.29) is 32.2 Å². The third-order valence-corrected chi connectivity index (χ3v) is 2.17. The molecule has 0 heterocycles. The summed E-state index contributed by atoms with van der Waals surface area (Å²) in [7, 11) is 2.97. The Hall–Kier alpha value is -1.18. The van der Waals surface area contributed by atoms with Crippen molar-refractivity contribution in [1.82, 2.24) is 4.90 Å². The van der Waals surface area contributed by atoms with Crippen LogP contribution < -0.4 is 5.73 Å². The van der Waals surface area contributed by atoms with Gasteiger partial charge < -0.3 is 24.8 Å². The predicted octanol–water partition coefficient (Wildman–Crippen LogP) is -1.00. The Labute approximate surface area is 107 Å². The van der Waals surface area contributed by atoms with Crippen LogP contribution in [-0.4, -0.2) is 69.9 Å². The second kappa shape index (κ2) is 9.81. The van der Waals surface area contributed by atoms with Gasteiger partial charge in [-0.2, -0.15) is 0 Å². The van der Waals surface area contributed by atoms with E-state index in [0.717, 1.165) is 0 Å². The monoisotopic (exact) mass is 262 g/mol. The van der Waals surface area contributed by atoms with E-state index in [0.29, 0.717) is 6.61 Å². The molecule has 0 saturated carbocycles. The average molecular weight is 262 g/mol. The van der Waals surface area contributed by atoms with Gasteiger partial charge in [0, 0.05) is 20.8 Å². The lowest BCUT2D eigenvalue weighted by atomic mass is 10.2. The number of esters is 1. The lowest BCUT2D eigenvalue weighted by Gasteiger charge is -2.24. The lowest BCUT2D eigenvalue weighted by Crippen LogP contribution is -2.49. The van der Waals surface area contributed by atoms with Crippen molar-refractivity contribution in [2.24, 2.45) is 5.73 Å². The molecule has 0 saturated heterocycles. The van der Waals surface area contributed by atoms with Crippen molar-refractivity contribution in [3.05, 3.63) is 0 Å². The molecule has 0 fully saturated rings. The highest BCUT2D eigenvalue weighted by Gasteiger charge is 2.23. The van der Waals surface area contributed by atoms with Gasteiger partial charge >= 0.3 is 5.97 Å². The SMILES string of the molecule is CCOC(=O)CN(CCOC)C(=O)C(N)COC.